The molecule has 0 spiro atoms. The second-order valence-electron chi connectivity index (χ2n) is 2.04. The zero-order valence-electron chi connectivity index (χ0n) is 5.74. The summed E-state index contributed by atoms with van der Waals surface area (Å²) < 4.78 is 26.1. The zero-order valence-corrected chi connectivity index (χ0v) is 8.96. The van der Waals surface area contributed by atoms with Gasteiger partial charge in [-0.25, -0.2) is 8.42 Å². The van der Waals surface area contributed by atoms with Crippen molar-refractivity contribution in [3.05, 3.63) is 11.8 Å². The number of hydrogen-bond acceptors (Lipinski definition) is 4. The van der Waals surface area contributed by atoms with Gasteiger partial charge in [0.15, 0.2) is 9.84 Å². The van der Waals surface area contributed by atoms with E-state index in [2.05, 4.69) is 20.3 Å². The molecule has 6 heteroatoms. The van der Waals surface area contributed by atoms with E-state index in [-0.39, 0.29) is 0 Å². The second kappa shape index (κ2) is 3.20. The van der Waals surface area contributed by atoms with Gasteiger partial charge in [0.2, 0.25) is 0 Å². The highest BCUT2D eigenvalue weighted by atomic mass is 79.9. The van der Waals surface area contributed by atoms with Crippen molar-refractivity contribution in [1.29, 1.82) is 0 Å². The van der Waals surface area contributed by atoms with Crippen LogP contribution in [-0.2, 0) is 15.2 Å². The van der Waals surface area contributed by atoms with Gasteiger partial charge in [0.25, 0.3) is 0 Å². The van der Waals surface area contributed by atoms with Gasteiger partial charge < -0.3 is 0 Å². The smallest absolute Gasteiger partial charge is 0.186 e. The van der Waals surface area contributed by atoms with Gasteiger partial charge in [0, 0.05) is 11.6 Å². The van der Waals surface area contributed by atoms with Crippen molar-refractivity contribution < 1.29 is 8.42 Å². The maximum atomic E-state index is 10.9. The minimum atomic E-state index is -3.06. The van der Waals surface area contributed by atoms with Crippen molar-refractivity contribution in [1.82, 2.24) is 4.37 Å². The lowest BCUT2D eigenvalue weighted by Gasteiger charge is -1.85. The Morgan fingerprint density at radius 3 is 2.64 bits per heavy atom. The molecular formula is C5H6BrNO2S2. The summed E-state index contributed by atoms with van der Waals surface area (Å²) in [6, 6.07) is 1.58. The maximum Gasteiger partial charge on any atom is 0.186 e. The Morgan fingerprint density at radius 2 is 2.36 bits per heavy atom. The van der Waals surface area contributed by atoms with Gasteiger partial charge in [-0.15, -0.1) is 0 Å². The van der Waals surface area contributed by atoms with Crippen LogP contribution in [0.1, 0.15) is 5.69 Å². The molecule has 1 heterocycles. The van der Waals surface area contributed by atoms with Crippen LogP contribution < -0.4 is 0 Å². The van der Waals surface area contributed by atoms with E-state index in [1.165, 1.54) is 6.26 Å². The molecule has 0 atom stereocenters. The number of hydrogen-bond donors (Lipinski definition) is 0. The first-order valence-electron chi connectivity index (χ1n) is 2.75. The second-order valence-corrected chi connectivity index (χ2v) is 5.65. The van der Waals surface area contributed by atoms with E-state index in [0.29, 0.717) is 9.54 Å². The molecule has 0 bridgehead atoms. The molecule has 3 nitrogen and oxygen atoms in total. The lowest BCUT2D eigenvalue weighted by molar-refractivity contribution is 0.604. The summed E-state index contributed by atoms with van der Waals surface area (Å²) in [5, 5.41) is 0.596. The van der Waals surface area contributed by atoms with Crippen LogP contribution in [0.15, 0.2) is 10.3 Å². The first-order valence-corrected chi connectivity index (χ1v) is 6.54. The number of rotatable bonds is 2. The Kier molecular flexibility index (Phi) is 2.66. The monoisotopic (exact) mass is 255 g/mol. The van der Waals surface area contributed by atoms with Crippen LogP contribution >= 0.6 is 27.5 Å². The Bertz CT molecular complexity index is 343. The van der Waals surface area contributed by atoms with Crippen molar-refractivity contribution in [2.45, 2.75) is 9.54 Å². The minimum Gasteiger partial charge on any atom is -0.223 e. The van der Waals surface area contributed by atoms with Crippen LogP contribution in [0.2, 0.25) is 0 Å². The van der Waals surface area contributed by atoms with Crippen LogP contribution in [0.5, 0.6) is 0 Å². The van der Waals surface area contributed by atoms with Gasteiger partial charge in [-0.05, 0) is 17.6 Å². The van der Waals surface area contributed by atoms with E-state index < -0.39 is 9.84 Å². The fourth-order valence-corrected chi connectivity index (χ4v) is 2.50. The fraction of sp³-hybridized carbons (Fsp3) is 0.400. The average molecular weight is 256 g/mol. The van der Waals surface area contributed by atoms with Gasteiger partial charge >= 0.3 is 0 Å². The first-order chi connectivity index (χ1) is 5.04. The molecule has 0 N–H and O–H groups in total. The van der Waals surface area contributed by atoms with Gasteiger partial charge in [-0.1, -0.05) is 15.9 Å². The summed E-state index contributed by atoms with van der Waals surface area (Å²) in [5.41, 5.74) is 0.760. The topological polar surface area (TPSA) is 47.0 Å². The molecule has 0 aromatic carbocycles. The Balaban J connectivity index is 3.09. The molecule has 0 radical (unpaired) electrons. The Labute approximate surface area is 77.7 Å². The summed E-state index contributed by atoms with van der Waals surface area (Å²) in [6.07, 6.45) is 1.18. The highest BCUT2D eigenvalue weighted by molar-refractivity contribution is 9.08. The third-order valence-corrected chi connectivity index (χ3v) is 4.22. The molecular weight excluding hydrogens is 250 g/mol. The molecule has 0 saturated carbocycles. The molecule has 1 aromatic rings. The van der Waals surface area contributed by atoms with Crippen molar-refractivity contribution in [2.75, 3.05) is 6.26 Å². The lowest BCUT2D eigenvalue weighted by atomic mass is 10.5. The van der Waals surface area contributed by atoms with Crippen LogP contribution in [-0.4, -0.2) is 19.0 Å². The third kappa shape index (κ3) is 2.25. The normalized spacial score (nSPS) is 11.8. The largest absolute Gasteiger partial charge is 0.223 e. The van der Waals surface area contributed by atoms with Crippen molar-refractivity contribution >= 4 is 37.3 Å². The van der Waals surface area contributed by atoms with Crippen LogP contribution in [0.25, 0.3) is 0 Å². The van der Waals surface area contributed by atoms with Gasteiger partial charge in [-0.3, -0.25) is 0 Å². The minimum absolute atomic E-state index is 0.326. The quantitative estimate of drug-likeness (QED) is 0.752. The molecule has 0 saturated heterocycles. The van der Waals surface area contributed by atoms with Crippen LogP contribution in [0.3, 0.4) is 0 Å². The van der Waals surface area contributed by atoms with Gasteiger partial charge in [-0.2, -0.15) is 4.37 Å². The zero-order chi connectivity index (χ0) is 8.48. The Hall–Kier alpha value is 0.0600. The molecule has 0 amide bonds. The highest BCUT2D eigenvalue weighted by Crippen LogP contribution is 2.17. The summed E-state index contributed by atoms with van der Waals surface area (Å²) >= 11 is 4.20. The Morgan fingerprint density at radius 1 is 1.73 bits per heavy atom. The van der Waals surface area contributed by atoms with E-state index >= 15 is 0 Å². The first kappa shape index (κ1) is 9.15. The number of sulfone groups is 1. The number of aromatic nitrogens is 1. The predicted octanol–water partition coefficient (Wildman–Crippen LogP) is 1.44. The van der Waals surface area contributed by atoms with E-state index in [0.717, 1.165) is 17.2 Å². The van der Waals surface area contributed by atoms with Crippen molar-refractivity contribution in [3.8, 4) is 0 Å². The third-order valence-electron chi connectivity index (χ3n) is 1.04. The van der Waals surface area contributed by atoms with Crippen molar-refractivity contribution in [3.63, 3.8) is 0 Å². The molecule has 1 rings (SSSR count). The average Bonchev–Trinajstić information content (AvgIpc) is 2.32. The van der Waals surface area contributed by atoms with Crippen molar-refractivity contribution in [2.24, 2.45) is 0 Å². The van der Waals surface area contributed by atoms with E-state index in [4.69, 9.17) is 0 Å². The molecule has 0 fully saturated rings. The SMILES string of the molecule is CS(=O)(=O)c1cc(CBr)ns1. The van der Waals surface area contributed by atoms with Gasteiger partial charge in [0.05, 0.1) is 5.69 Å². The van der Waals surface area contributed by atoms with Crippen LogP contribution in [0, 0.1) is 0 Å². The maximum absolute atomic E-state index is 10.9. The van der Waals surface area contributed by atoms with E-state index in [9.17, 15) is 8.42 Å². The lowest BCUT2D eigenvalue weighted by Crippen LogP contribution is -1.92. The molecule has 1 aromatic heterocycles. The molecule has 11 heavy (non-hydrogen) atoms. The van der Waals surface area contributed by atoms with Gasteiger partial charge in [0.1, 0.15) is 4.21 Å². The van der Waals surface area contributed by atoms with E-state index in [1.54, 1.807) is 6.07 Å². The standard InChI is InChI=1S/C5H6BrNO2S2/c1-11(8,9)5-2-4(3-6)7-10-5/h2H,3H2,1H3. The molecule has 0 aliphatic heterocycles. The van der Waals surface area contributed by atoms with Crippen LogP contribution in [0.4, 0.5) is 0 Å². The summed E-state index contributed by atoms with van der Waals surface area (Å²) in [5.74, 6) is 0. The highest BCUT2D eigenvalue weighted by Gasteiger charge is 2.10. The molecule has 0 aliphatic rings. The number of alkyl halides is 1. The predicted molar refractivity (Wildman–Crippen MR) is 47.9 cm³/mol. The summed E-state index contributed by atoms with van der Waals surface area (Å²) in [4.78, 5) is 0. The fourth-order valence-electron chi connectivity index (χ4n) is 0.530. The summed E-state index contributed by atoms with van der Waals surface area (Å²) in [6.45, 7) is 0. The van der Waals surface area contributed by atoms with E-state index in [1.807, 2.05) is 0 Å². The number of halogens is 1. The molecule has 0 unspecified atom stereocenters. The summed E-state index contributed by atoms with van der Waals surface area (Å²) in [7, 11) is -3.06. The number of nitrogens with zero attached hydrogens (tertiary/aromatic N) is 1. The molecule has 62 valence electrons. The molecule has 0 aliphatic carbocycles.